The molecule has 5 nitrogen and oxygen atoms in total. The molecule has 0 aromatic carbocycles. The smallest absolute Gasteiger partial charge is 0.339 e. The minimum absolute atomic E-state index is 0.279. The summed E-state index contributed by atoms with van der Waals surface area (Å²) in [5.41, 5.74) is 1.02. The predicted octanol–water partition coefficient (Wildman–Crippen LogP) is 1.99. The minimum Gasteiger partial charge on any atom is -0.478 e. The van der Waals surface area contributed by atoms with E-state index in [1.807, 2.05) is 0 Å². The van der Waals surface area contributed by atoms with Crippen molar-refractivity contribution in [1.82, 2.24) is 9.88 Å². The number of carbonyl (C=O) groups is 1. The molecule has 1 fully saturated rings. The summed E-state index contributed by atoms with van der Waals surface area (Å²) in [6.45, 7) is 5.76. The Morgan fingerprint density at radius 3 is 2.84 bits per heavy atom. The molecule has 5 heteroatoms. The van der Waals surface area contributed by atoms with E-state index in [0.29, 0.717) is 5.82 Å². The minimum atomic E-state index is -0.925. The Bertz CT molecular complexity index is 442. The summed E-state index contributed by atoms with van der Waals surface area (Å²) in [4.78, 5) is 17.8. The van der Waals surface area contributed by atoms with E-state index in [4.69, 9.17) is 0 Å². The highest BCUT2D eigenvalue weighted by Crippen LogP contribution is 2.16. The zero-order valence-electron chi connectivity index (χ0n) is 11.4. The van der Waals surface area contributed by atoms with Gasteiger partial charge in [-0.05, 0) is 44.5 Å². The number of pyridine rings is 1. The zero-order chi connectivity index (χ0) is 13.7. The maximum Gasteiger partial charge on any atom is 0.339 e. The number of aromatic carboxylic acids is 1. The second-order valence-corrected chi connectivity index (χ2v) is 4.99. The van der Waals surface area contributed by atoms with Crippen LogP contribution in [0.4, 0.5) is 5.82 Å². The van der Waals surface area contributed by atoms with Crippen LogP contribution in [0.3, 0.4) is 0 Å². The van der Waals surface area contributed by atoms with E-state index in [2.05, 4.69) is 15.2 Å². The number of carboxylic acids is 1. The highest BCUT2D eigenvalue weighted by atomic mass is 16.4. The van der Waals surface area contributed by atoms with E-state index >= 15 is 0 Å². The molecule has 19 heavy (non-hydrogen) atoms. The molecule has 1 aliphatic heterocycles. The molecule has 0 spiro atoms. The van der Waals surface area contributed by atoms with Crippen LogP contribution in [0.25, 0.3) is 0 Å². The van der Waals surface area contributed by atoms with Gasteiger partial charge in [0, 0.05) is 19.3 Å². The van der Waals surface area contributed by atoms with E-state index < -0.39 is 5.97 Å². The number of carboxylic acid groups (broad SMARTS) is 1. The second-order valence-electron chi connectivity index (χ2n) is 4.99. The van der Waals surface area contributed by atoms with Crippen molar-refractivity contribution in [3.05, 3.63) is 23.4 Å². The third-order valence-electron chi connectivity index (χ3n) is 3.54. The zero-order valence-corrected chi connectivity index (χ0v) is 11.4. The van der Waals surface area contributed by atoms with E-state index in [1.54, 1.807) is 19.2 Å². The number of aryl methyl sites for hydroxylation is 1. The molecule has 2 rings (SSSR count). The maximum atomic E-state index is 11.2. The number of aromatic nitrogens is 1. The normalized spacial score (nSPS) is 16.3. The molecule has 0 unspecified atom stereocenters. The Balaban J connectivity index is 1.92. The van der Waals surface area contributed by atoms with Gasteiger partial charge in [-0.25, -0.2) is 9.78 Å². The van der Waals surface area contributed by atoms with Crippen molar-refractivity contribution in [3.63, 3.8) is 0 Å². The van der Waals surface area contributed by atoms with E-state index in [0.717, 1.165) is 31.7 Å². The standard InChI is InChI=1S/C14H21N3O2/c1-11-5-6-15-13(12(11)14(18)19)16-7-10-17-8-3-2-4-9-17/h5-6H,2-4,7-10H2,1H3,(H,15,16)(H,18,19). The molecule has 0 atom stereocenters. The summed E-state index contributed by atoms with van der Waals surface area (Å²) < 4.78 is 0. The summed E-state index contributed by atoms with van der Waals surface area (Å²) in [6.07, 6.45) is 5.50. The third-order valence-corrected chi connectivity index (χ3v) is 3.54. The van der Waals surface area contributed by atoms with Crippen molar-refractivity contribution in [2.75, 3.05) is 31.5 Å². The Morgan fingerprint density at radius 2 is 2.16 bits per heavy atom. The molecular weight excluding hydrogens is 242 g/mol. The van der Waals surface area contributed by atoms with Gasteiger partial charge in [0.25, 0.3) is 0 Å². The van der Waals surface area contributed by atoms with Gasteiger partial charge in [-0.2, -0.15) is 0 Å². The second kappa shape index (κ2) is 6.52. The highest BCUT2D eigenvalue weighted by Gasteiger charge is 2.14. The molecule has 0 amide bonds. The lowest BCUT2D eigenvalue weighted by Crippen LogP contribution is -2.34. The molecule has 1 aromatic heterocycles. The van der Waals surface area contributed by atoms with Crippen LogP contribution in [-0.2, 0) is 0 Å². The van der Waals surface area contributed by atoms with Crippen molar-refractivity contribution >= 4 is 11.8 Å². The van der Waals surface area contributed by atoms with Gasteiger partial charge in [0.2, 0.25) is 0 Å². The SMILES string of the molecule is Cc1ccnc(NCCN2CCCCC2)c1C(=O)O. The number of rotatable bonds is 5. The molecule has 1 saturated heterocycles. The lowest BCUT2D eigenvalue weighted by atomic mass is 10.1. The number of hydrogen-bond donors (Lipinski definition) is 2. The Morgan fingerprint density at radius 1 is 1.42 bits per heavy atom. The largest absolute Gasteiger partial charge is 0.478 e. The number of anilines is 1. The van der Waals surface area contributed by atoms with Crippen molar-refractivity contribution in [2.24, 2.45) is 0 Å². The summed E-state index contributed by atoms with van der Waals surface area (Å²) in [5, 5.41) is 12.4. The topological polar surface area (TPSA) is 65.5 Å². The van der Waals surface area contributed by atoms with Crippen LogP contribution in [0.5, 0.6) is 0 Å². The van der Waals surface area contributed by atoms with Gasteiger partial charge in [0.1, 0.15) is 11.4 Å². The first-order chi connectivity index (χ1) is 9.18. The maximum absolute atomic E-state index is 11.2. The van der Waals surface area contributed by atoms with E-state index in [-0.39, 0.29) is 5.56 Å². The summed E-state index contributed by atoms with van der Waals surface area (Å²) in [7, 11) is 0. The summed E-state index contributed by atoms with van der Waals surface area (Å²) in [5.74, 6) is -0.449. The number of likely N-dealkylation sites (tertiary alicyclic amines) is 1. The summed E-state index contributed by atoms with van der Waals surface area (Å²) in [6, 6.07) is 1.72. The lowest BCUT2D eigenvalue weighted by Gasteiger charge is -2.26. The summed E-state index contributed by atoms with van der Waals surface area (Å²) >= 11 is 0. The van der Waals surface area contributed by atoms with Crippen LogP contribution in [0.1, 0.15) is 35.2 Å². The van der Waals surface area contributed by atoms with Gasteiger partial charge < -0.3 is 15.3 Å². The molecule has 0 saturated carbocycles. The van der Waals surface area contributed by atoms with Crippen molar-refractivity contribution in [1.29, 1.82) is 0 Å². The first-order valence-electron chi connectivity index (χ1n) is 6.83. The Kier molecular flexibility index (Phi) is 4.74. The number of nitrogens with zero attached hydrogens (tertiary/aromatic N) is 2. The number of piperidine rings is 1. The fraction of sp³-hybridized carbons (Fsp3) is 0.571. The van der Waals surface area contributed by atoms with E-state index in [9.17, 15) is 9.90 Å². The third kappa shape index (κ3) is 3.67. The molecule has 2 heterocycles. The molecule has 0 bridgehead atoms. The van der Waals surface area contributed by atoms with Gasteiger partial charge in [-0.15, -0.1) is 0 Å². The average molecular weight is 263 g/mol. The fourth-order valence-corrected chi connectivity index (χ4v) is 2.48. The average Bonchev–Trinajstić information content (AvgIpc) is 2.39. The predicted molar refractivity (Wildman–Crippen MR) is 74.7 cm³/mol. The van der Waals surface area contributed by atoms with Crippen molar-refractivity contribution in [2.45, 2.75) is 26.2 Å². The molecule has 1 aromatic rings. The fourth-order valence-electron chi connectivity index (χ4n) is 2.48. The first-order valence-corrected chi connectivity index (χ1v) is 6.83. The van der Waals surface area contributed by atoms with Crippen LogP contribution >= 0.6 is 0 Å². The first kappa shape index (κ1) is 13.8. The van der Waals surface area contributed by atoms with Gasteiger partial charge in [-0.1, -0.05) is 6.42 Å². The van der Waals surface area contributed by atoms with Crippen LogP contribution in [0, 0.1) is 6.92 Å². The number of nitrogens with one attached hydrogen (secondary N) is 1. The lowest BCUT2D eigenvalue weighted by molar-refractivity contribution is 0.0697. The monoisotopic (exact) mass is 263 g/mol. The van der Waals surface area contributed by atoms with Crippen LogP contribution < -0.4 is 5.32 Å². The van der Waals surface area contributed by atoms with Gasteiger partial charge >= 0.3 is 5.97 Å². The van der Waals surface area contributed by atoms with Crippen molar-refractivity contribution in [3.8, 4) is 0 Å². The Hall–Kier alpha value is -1.62. The van der Waals surface area contributed by atoms with E-state index in [1.165, 1.54) is 19.3 Å². The van der Waals surface area contributed by atoms with Gasteiger partial charge in [0.05, 0.1) is 0 Å². The van der Waals surface area contributed by atoms with Crippen LogP contribution in [0.2, 0.25) is 0 Å². The number of hydrogen-bond acceptors (Lipinski definition) is 4. The van der Waals surface area contributed by atoms with Gasteiger partial charge in [-0.3, -0.25) is 0 Å². The molecule has 0 aliphatic carbocycles. The molecule has 104 valence electrons. The molecular formula is C14H21N3O2. The highest BCUT2D eigenvalue weighted by molar-refractivity contribution is 5.94. The Labute approximate surface area is 113 Å². The molecule has 0 radical (unpaired) electrons. The van der Waals surface area contributed by atoms with Gasteiger partial charge in [0.15, 0.2) is 0 Å². The van der Waals surface area contributed by atoms with Crippen molar-refractivity contribution < 1.29 is 9.90 Å². The van der Waals surface area contributed by atoms with Crippen LogP contribution in [-0.4, -0.2) is 47.1 Å². The molecule has 1 aliphatic rings. The quantitative estimate of drug-likeness (QED) is 0.850. The molecule has 2 N–H and O–H groups in total. The van der Waals surface area contributed by atoms with Crippen LogP contribution in [0.15, 0.2) is 12.3 Å².